The molecule has 1 atom stereocenters. The van der Waals surface area contributed by atoms with Crippen molar-refractivity contribution < 1.29 is 4.74 Å². The lowest BCUT2D eigenvalue weighted by molar-refractivity contribution is 0.267. The summed E-state index contributed by atoms with van der Waals surface area (Å²) < 4.78 is 5.93. The number of rotatable bonds is 7. The number of nitrogens with two attached hydrogens (primary N) is 1. The minimum Gasteiger partial charge on any atom is -0.493 e. The van der Waals surface area contributed by atoms with Crippen molar-refractivity contribution in [1.29, 1.82) is 0 Å². The van der Waals surface area contributed by atoms with Gasteiger partial charge in [-0.05, 0) is 34.9 Å². The van der Waals surface area contributed by atoms with Crippen molar-refractivity contribution in [2.24, 2.45) is 11.7 Å². The smallest absolute Gasteiger partial charge is 0.122 e. The average Bonchev–Trinajstić information content (AvgIpc) is 2.35. The van der Waals surface area contributed by atoms with E-state index < -0.39 is 0 Å². The second-order valence-corrected chi connectivity index (χ2v) is 6.75. The van der Waals surface area contributed by atoms with E-state index in [-0.39, 0.29) is 0 Å². The normalized spacial score (nSPS) is 12.8. The lowest BCUT2D eigenvalue weighted by Crippen LogP contribution is -2.12. The summed E-state index contributed by atoms with van der Waals surface area (Å²) in [5, 5.41) is 0. The standard InChI is InChI=1S/C17H27NOS/c1-11(2)10-19-16-7-6-14(9-15(16)12(3)4)13(5)8-17(18)20/h6-7,9,11-13H,8,10H2,1-5H3,(H2,18,20). The van der Waals surface area contributed by atoms with E-state index in [0.717, 1.165) is 18.8 Å². The van der Waals surface area contributed by atoms with Gasteiger partial charge in [0.1, 0.15) is 5.75 Å². The molecule has 1 aromatic rings. The van der Waals surface area contributed by atoms with Crippen LogP contribution >= 0.6 is 12.2 Å². The Bertz CT molecular complexity index is 454. The zero-order chi connectivity index (χ0) is 15.3. The Morgan fingerprint density at radius 3 is 2.35 bits per heavy atom. The molecule has 0 aliphatic carbocycles. The summed E-state index contributed by atoms with van der Waals surface area (Å²) in [5.41, 5.74) is 8.18. The molecule has 0 aliphatic rings. The van der Waals surface area contributed by atoms with Gasteiger partial charge in [-0.1, -0.05) is 59.0 Å². The Labute approximate surface area is 128 Å². The highest BCUT2D eigenvalue weighted by atomic mass is 32.1. The van der Waals surface area contributed by atoms with Gasteiger partial charge in [0.15, 0.2) is 0 Å². The molecule has 0 bridgehead atoms. The SMILES string of the molecule is CC(C)COc1ccc(C(C)CC(N)=S)cc1C(C)C. The van der Waals surface area contributed by atoms with E-state index >= 15 is 0 Å². The van der Waals surface area contributed by atoms with Crippen molar-refractivity contribution in [1.82, 2.24) is 0 Å². The van der Waals surface area contributed by atoms with E-state index in [1.54, 1.807) is 0 Å². The minimum atomic E-state index is 0.351. The summed E-state index contributed by atoms with van der Waals surface area (Å²) in [6, 6.07) is 6.46. The van der Waals surface area contributed by atoms with Gasteiger partial charge in [0.25, 0.3) is 0 Å². The first-order chi connectivity index (χ1) is 9.31. The van der Waals surface area contributed by atoms with Crippen LogP contribution in [0.4, 0.5) is 0 Å². The van der Waals surface area contributed by atoms with Gasteiger partial charge in [0.05, 0.1) is 11.6 Å². The molecule has 0 aliphatic heterocycles. The van der Waals surface area contributed by atoms with Crippen LogP contribution < -0.4 is 10.5 Å². The van der Waals surface area contributed by atoms with Crippen molar-refractivity contribution in [3.8, 4) is 5.75 Å². The third-order valence-electron chi connectivity index (χ3n) is 3.30. The molecule has 2 nitrogen and oxygen atoms in total. The molecule has 2 N–H and O–H groups in total. The molecule has 3 heteroatoms. The van der Waals surface area contributed by atoms with Gasteiger partial charge < -0.3 is 10.5 Å². The molecule has 20 heavy (non-hydrogen) atoms. The average molecular weight is 293 g/mol. The third-order valence-corrected chi connectivity index (χ3v) is 3.47. The first-order valence-corrected chi connectivity index (χ1v) is 7.77. The van der Waals surface area contributed by atoms with Gasteiger partial charge in [-0.15, -0.1) is 0 Å². The van der Waals surface area contributed by atoms with Gasteiger partial charge in [-0.25, -0.2) is 0 Å². The Morgan fingerprint density at radius 1 is 1.20 bits per heavy atom. The zero-order valence-electron chi connectivity index (χ0n) is 13.3. The molecule has 0 amide bonds. The van der Waals surface area contributed by atoms with Crippen LogP contribution in [0.2, 0.25) is 0 Å². The van der Waals surface area contributed by atoms with Crippen molar-refractivity contribution in [3.05, 3.63) is 29.3 Å². The van der Waals surface area contributed by atoms with Crippen molar-refractivity contribution in [2.45, 2.75) is 52.9 Å². The molecule has 0 radical (unpaired) electrons. The highest BCUT2D eigenvalue weighted by Gasteiger charge is 2.13. The maximum Gasteiger partial charge on any atom is 0.122 e. The molecule has 112 valence electrons. The van der Waals surface area contributed by atoms with E-state index in [9.17, 15) is 0 Å². The highest BCUT2D eigenvalue weighted by Crippen LogP contribution is 2.31. The fraction of sp³-hybridized carbons (Fsp3) is 0.588. The van der Waals surface area contributed by atoms with Gasteiger partial charge in [-0.2, -0.15) is 0 Å². The molecule has 0 heterocycles. The largest absolute Gasteiger partial charge is 0.493 e. The molecular weight excluding hydrogens is 266 g/mol. The summed E-state index contributed by atoms with van der Waals surface area (Å²) >= 11 is 5.01. The zero-order valence-corrected chi connectivity index (χ0v) is 14.1. The Morgan fingerprint density at radius 2 is 1.85 bits per heavy atom. The van der Waals surface area contributed by atoms with Crippen LogP contribution in [-0.2, 0) is 0 Å². The fourth-order valence-electron chi connectivity index (χ4n) is 2.13. The Hall–Kier alpha value is -1.09. The van der Waals surface area contributed by atoms with E-state index in [2.05, 4.69) is 52.8 Å². The first kappa shape index (κ1) is 17.0. The fourth-order valence-corrected chi connectivity index (χ4v) is 2.38. The highest BCUT2D eigenvalue weighted by molar-refractivity contribution is 7.80. The summed E-state index contributed by atoms with van der Waals surface area (Å²) in [5.74, 6) is 2.32. The van der Waals surface area contributed by atoms with Crippen molar-refractivity contribution in [3.63, 3.8) is 0 Å². The summed E-state index contributed by atoms with van der Waals surface area (Å²) in [6.45, 7) is 11.6. The van der Waals surface area contributed by atoms with Crippen LogP contribution in [0.1, 0.15) is 64.0 Å². The maximum absolute atomic E-state index is 5.93. The van der Waals surface area contributed by atoms with Crippen LogP contribution in [0.25, 0.3) is 0 Å². The number of ether oxygens (including phenoxy) is 1. The van der Waals surface area contributed by atoms with Gasteiger partial charge >= 0.3 is 0 Å². The van der Waals surface area contributed by atoms with E-state index in [0.29, 0.717) is 22.7 Å². The monoisotopic (exact) mass is 293 g/mol. The number of thiocarbonyl (C=S) groups is 1. The van der Waals surface area contributed by atoms with Crippen LogP contribution in [0.15, 0.2) is 18.2 Å². The quantitative estimate of drug-likeness (QED) is 0.745. The predicted molar refractivity (Wildman–Crippen MR) is 90.7 cm³/mol. The van der Waals surface area contributed by atoms with Crippen LogP contribution in [0, 0.1) is 5.92 Å². The number of hydrogen-bond donors (Lipinski definition) is 1. The molecule has 0 fully saturated rings. The van der Waals surface area contributed by atoms with E-state index in [1.165, 1.54) is 11.1 Å². The van der Waals surface area contributed by atoms with Crippen LogP contribution in [0.3, 0.4) is 0 Å². The van der Waals surface area contributed by atoms with Gasteiger partial charge in [0.2, 0.25) is 0 Å². The molecular formula is C17H27NOS. The third kappa shape index (κ3) is 5.12. The van der Waals surface area contributed by atoms with E-state index in [4.69, 9.17) is 22.7 Å². The molecule has 0 spiro atoms. The Kier molecular flexibility index (Phi) is 6.47. The minimum absolute atomic E-state index is 0.351. The molecule has 0 saturated heterocycles. The van der Waals surface area contributed by atoms with Crippen molar-refractivity contribution >= 4 is 17.2 Å². The molecule has 0 aromatic heterocycles. The van der Waals surface area contributed by atoms with Crippen LogP contribution in [0.5, 0.6) is 5.75 Å². The summed E-state index contributed by atoms with van der Waals surface area (Å²) in [7, 11) is 0. The molecule has 1 aromatic carbocycles. The predicted octanol–water partition coefficient (Wildman–Crippen LogP) is 4.62. The molecule has 0 saturated carbocycles. The van der Waals surface area contributed by atoms with Crippen molar-refractivity contribution in [2.75, 3.05) is 6.61 Å². The first-order valence-electron chi connectivity index (χ1n) is 7.36. The second-order valence-electron chi connectivity index (χ2n) is 6.23. The maximum atomic E-state index is 5.93. The Balaban J connectivity index is 2.97. The number of benzene rings is 1. The summed E-state index contributed by atoms with van der Waals surface area (Å²) in [6.07, 6.45) is 0.749. The number of hydrogen-bond acceptors (Lipinski definition) is 2. The summed E-state index contributed by atoms with van der Waals surface area (Å²) in [4.78, 5) is 0.573. The van der Waals surface area contributed by atoms with Gasteiger partial charge in [-0.3, -0.25) is 0 Å². The second kappa shape index (κ2) is 7.63. The van der Waals surface area contributed by atoms with Crippen LogP contribution in [-0.4, -0.2) is 11.6 Å². The molecule has 1 unspecified atom stereocenters. The molecule has 1 rings (SSSR count). The van der Waals surface area contributed by atoms with Gasteiger partial charge in [0, 0.05) is 6.42 Å². The lowest BCUT2D eigenvalue weighted by Gasteiger charge is -2.19. The van der Waals surface area contributed by atoms with E-state index in [1.807, 2.05) is 0 Å². The lowest BCUT2D eigenvalue weighted by atomic mass is 9.92. The topological polar surface area (TPSA) is 35.2 Å².